The first-order valence-corrected chi connectivity index (χ1v) is 6.93. The first-order valence-electron chi connectivity index (χ1n) is 6.93. The van der Waals surface area contributed by atoms with Gasteiger partial charge in [-0.1, -0.05) is 60.7 Å². The van der Waals surface area contributed by atoms with E-state index in [0.29, 0.717) is 0 Å². The van der Waals surface area contributed by atoms with Gasteiger partial charge in [0.15, 0.2) is 0 Å². The van der Waals surface area contributed by atoms with E-state index >= 15 is 0 Å². The van der Waals surface area contributed by atoms with E-state index < -0.39 is 0 Å². The first-order chi connectivity index (χ1) is 9.85. The quantitative estimate of drug-likeness (QED) is 0.601. The number of rotatable bonds is 7. The van der Waals surface area contributed by atoms with Crippen molar-refractivity contribution in [2.75, 3.05) is 7.11 Å². The lowest BCUT2D eigenvalue weighted by Gasteiger charge is -2.26. The lowest BCUT2D eigenvalue weighted by Crippen LogP contribution is -2.40. The molecule has 0 radical (unpaired) electrons. The Bertz CT molecular complexity index is 487. The van der Waals surface area contributed by atoms with Crippen molar-refractivity contribution in [2.45, 2.75) is 25.0 Å². The van der Waals surface area contributed by atoms with Crippen molar-refractivity contribution in [1.29, 1.82) is 0 Å². The summed E-state index contributed by atoms with van der Waals surface area (Å²) in [7, 11) is 1.73. The van der Waals surface area contributed by atoms with Crippen LogP contribution in [-0.2, 0) is 11.2 Å². The third-order valence-corrected chi connectivity index (χ3v) is 3.55. The second-order valence-electron chi connectivity index (χ2n) is 4.86. The lowest BCUT2D eigenvalue weighted by molar-refractivity contribution is 0.0650. The molecule has 0 aliphatic carbocycles. The Balaban J connectivity index is 2.03. The molecule has 0 aliphatic rings. The minimum absolute atomic E-state index is 0.0371. The Labute approximate surface area is 120 Å². The predicted octanol–water partition coefficient (Wildman–Crippen LogP) is 2.84. The highest BCUT2D eigenvalue weighted by Gasteiger charge is 2.21. The summed E-state index contributed by atoms with van der Waals surface area (Å²) >= 11 is 0. The molecule has 3 N–H and O–H groups in total. The van der Waals surface area contributed by atoms with Crippen molar-refractivity contribution < 1.29 is 4.74 Å². The summed E-state index contributed by atoms with van der Waals surface area (Å²) in [5, 5.41) is 0. The molecular formula is C17H22N2O. The zero-order chi connectivity index (χ0) is 14.2. The molecule has 2 aromatic carbocycles. The largest absolute Gasteiger partial charge is 0.375 e. The maximum atomic E-state index is 5.72. The van der Waals surface area contributed by atoms with Crippen LogP contribution in [0.25, 0.3) is 0 Å². The van der Waals surface area contributed by atoms with Crippen LogP contribution in [0.5, 0.6) is 0 Å². The number of hydrazine groups is 1. The molecule has 0 bridgehead atoms. The normalized spacial score (nSPS) is 13.9. The third-order valence-electron chi connectivity index (χ3n) is 3.55. The van der Waals surface area contributed by atoms with Crippen LogP contribution in [0.4, 0.5) is 0 Å². The topological polar surface area (TPSA) is 47.3 Å². The van der Waals surface area contributed by atoms with E-state index in [1.54, 1.807) is 7.11 Å². The molecule has 0 saturated heterocycles. The van der Waals surface area contributed by atoms with E-state index in [-0.39, 0.29) is 12.1 Å². The van der Waals surface area contributed by atoms with Gasteiger partial charge in [-0.2, -0.15) is 0 Å². The minimum Gasteiger partial charge on any atom is -0.375 e. The molecule has 2 atom stereocenters. The molecule has 3 nitrogen and oxygen atoms in total. The highest BCUT2D eigenvalue weighted by molar-refractivity contribution is 5.20. The molecule has 0 saturated carbocycles. The van der Waals surface area contributed by atoms with E-state index in [2.05, 4.69) is 41.8 Å². The van der Waals surface area contributed by atoms with Crippen molar-refractivity contribution in [3.8, 4) is 0 Å². The van der Waals surface area contributed by atoms with Gasteiger partial charge in [-0.05, 0) is 24.0 Å². The SMILES string of the molecule is COC(c1ccccc1)C(CCc1ccccc1)NN. The van der Waals surface area contributed by atoms with Crippen LogP contribution in [0.2, 0.25) is 0 Å². The fraction of sp³-hybridized carbons (Fsp3) is 0.294. The molecule has 2 aromatic rings. The highest BCUT2D eigenvalue weighted by atomic mass is 16.5. The highest BCUT2D eigenvalue weighted by Crippen LogP contribution is 2.23. The van der Waals surface area contributed by atoms with E-state index in [9.17, 15) is 0 Å². The van der Waals surface area contributed by atoms with Crippen LogP contribution in [0.3, 0.4) is 0 Å². The zero-order valence-corrected chi connectivity index (χ0v) is 11.8. The van der Waals surface area contributed by atoms with Crippen molar-refractivity contribution in [2.24, 2.45) is 5.84 Å². The summed E-state index contributed by atoms with van der Waals surface area (Å²) in [4.78, 5) is 0. The average Bonchev–Trinajstić information content (AvgIpc) is 2.53. The number of hydrogen-bond acceptors (Lipinski definition) is 3. The molecule has 0 heterocycles. The monoisotopic (exact) mass is 270 g/mol. The molecule has 0 fully saturated rings. The number of methoxy groups -OCH3 is 1. The minimum atomic E-state index is -0.0371. The van der Waals surface area contributed by atoms with Crippen LogP contribution >= 0.6 is 0 Å². The van der Waals surface area contributed by atoms with Crippen LogP contribution in [0, 0.1) is 0 Å². The van der Waals surface area contributed by atoms with Crippen molar-refractivity contribution in [3.05, 3.63) is 71.8 Å². The molecule has 106 valence electrons. The summed E-state index contributed by atoms with van der Waals surface area (Å²) < 4.78 is 5.64. The lowest BCUT2D eigenvalue weighted by atomic mass is 9.96. The summed E-state index contributed by atoms with van der Waals surface area (Å²) in [6, 6.07) is 20.7. The number of benzene rings is 2. The number of nitrogens with two attached hydrogens (primary N) is 1. The third kappa shape index (κ3) is 3.90. The second-order valence-corrected chi connectivity index (χ2v) is 4.86. The molecule has 0 spiro atoms. The maximum Gasteiger partial charge on any atom is 0.0987 e. The molecule has 0 aromatic heterocycles. The van der Waals surface area contributed by atoms with Crippen LogP contribution in [0.15, 0.2) is 60.7 Å². The van der Waals surface area contributed by atoms with Gasteiger partial charge < -0.3 is 4.74 Å². The van der Waals surface area contributed by atoms with Crippen LogP contribution in [-0.4, -0.2) is 13.2 Å². The standard InChI is InChI=1S/C17H22N2O/c1-20-17(15-10-6-3-7-11-15)16(19-18)13-12-14-8-4-2-5-9-14/h2-11,16-17,19H,12-13,18H2,1H3. The number of aryl methyl sites for hydroxylation is 1. The van der Waals surface area contributed by atoms with E-state index in [1.165, 1.54) is 5.56 Å². The van der Waals surface area contributed by atoms with Crippen molar-refractivity contribution in [3.63, 3.8) is 0 Å². The number of ether oxygens (including phenoxy) is 1. The second kappa shape index (κ2) is 7.80. The van der Waals surface area contributed by atoms with Gasteiger partial charge in [-0.15, -0.1) is 0 Å². The predicted molar refractivity (Wildman–Crippen MR) is 82.1 cm³/mol. The Morgan fingerprint density at radius 2 is 1.60 bits per heavy atom. The van der Waals surface area contributed by atoms with Crippen LogP contribution < -0.4 is 11.3 Å². The summed E-state index contributed by atoms with van der Waals surface area (Å²) in [5.41, 5.74) is 5.36. The van der Waals surface area contributed by atoms with Gasteiger partial charge in [0.25, 0.3) is 0 Å². The maximum absolute atomic E-state index is 5.72. The van der Waals surface area contributed by atoms with Gasteiger partial charge >= 0.3 is 0 Å². The summed E-state index contributed by atoms with van der Waals surface area (Å²) in [6.07, 6.45) is 1.86. The fourth-order valence-corrected chi connectivity index (χ4v) is 2.46. The molecule has 3 heteroatoms. The Hall–Kier alpha value is -1.68. The average molecular weight is 270 g/mol. The van der Waals surface area contributed by atoms with Gasteiger partial charge in [0.1, 0.15) is 0 Å². The Morgan fingerprint density at radius 3 is 2.15 bits per heavy atom. The molecule has 0 amide bonds. The van der Waals surface area contributed by atoms with Crippen LogP contribution in [0.1, 0.15) is 23.7 Å². The van der Waals surface area contributed by atoms with E-state index in [4.69, 9.17) is 10.6 Å². The van der Waals surface area contributed by atoms with Crippen molar-refractivity contribution >= 4 is 0 Å². The summed E-state index contributed by atoms with van der Waals surface area (Å²) in [6.45, 7) is 0. The fourth-order valence-electron chi connectivity index (χ4n) is 2.46. The zero-order valence-electron chi connectivity index (χ0n) is 11.8. The van der Waals surface area contributed by atoms with Gasteiger partial charge in [0.05, 0.1) is 12.1 Å². The molecular weight excluding hydrogens is 248 g/mol. The van der Waals surface area contributed by atoms with Gasteiger partial charge in [0, 0.05) is 7.11 Å². The van der Waals surface area contributed by atoms with E-state index in [1.807, 2.05) is 24.3 Å². The smallest absolute Gasteiger partial charge is 0.0987 e. The number of nitrogens with one attached hydrogen (secondary N) is 1. The molecule has 20 heavy (non-hydrogen) atoms. The molecule has 0 aliphatic heterocycles. The van der Waals surface area contributed by atoms with Gasteiger partial charge in [-0.3, -0.25) is 11.3 Å². The number of hydrogen-bond donors (Lipinski definition) is 2. The Kier molecular flexibility index (Phi) is 5.74. The molecule has 2 unspecified atom stereocenters. The van der Waals surface area contributed by atoms with Gasteiger partial charge in [-0.25, -0.2) is 0 Å². The van der Waals surface area contributed by atoms with Gasteiger partial charge in [0.2, 0.25) is 0 Å². The summed E-state index contributed by atoms with van der Waals surface area (Å²) in [5.74, 6) is 5.72. The first kappa shape index (κ1) is 14.7. The van der Waals surface area contributed by atoms with Crippen molar-refractivity contribution in [1.82, 2.24) is 5.43 Å². The Morgan fingerprint density at radius 1 is 1.00 bits per heavy atom. The van der Waals surface area contributed by atoms with E-state index in [0.717, 1.165) is 18.4 Å². The molecule has 2 rings (SSSR count).